The van der Waals surface area contributed by atoms with Crippen LogP contribution in [0.3, 0.4) is 0 Å². The van der Waals surface area contributed by atoms with Crippen LogP contribution in [0.2, 0.25) is 0 Å². The summed E-state index contributed by atoms with van der Waals surface area (Å²) in [7, 11) is 0. The Kier molecular flexibility index (Phi) is 1.36. The number of hydrogen-bond donors (Lipinski definition) is 0. The fourth-order valence-electron chi connectivity index (χ4n) is 4.97. The van der Waals surface area contributed by atoms with E-state index in [-0.39, 0.29) is 0 Å². The molecule has 2 fully saturated rings. The summed E-state index contributed by atoms with van der Waals surface area (Å²) in [5.41, 5.74) is 2.31. The largest absolute Gasteiger partial charge is 0.0614 e. The molecule has 2 saturated carbocycles. The summed E-state index contributed by atoms with van der Waals surface area (Å²) < 4.78 is 0. The Morgan fingerprint density at radius 2 is 1.38 bits per heavy atom. The minimum Gasteiger partial charge on any atom is -0.0614 e. The average Bonchev–Trinajstić information content (AvgIpc) is 1.99. The second kappa shape index (κ2) is 1.85. The maximum absolute atomic E-state index is 2.51. The van der Waals surface area contributed by atoms with E-state index in [9.17, 15) is 0 Å². The molecule has 13 heavy (non-hydrogen) atoms. The third-order valence-corrected chi connectivity index (χ3v) is 6.72. The molecule has 2 aliphatic rings. The molecule has 0 aromatic heterocycles. The molecule has 0 amide bonds. The van der Waals surface area contributed by atoms with E-state index in [4.69, 9.17) is 0 Å². The molecule has 2 rings (SSSR count). The molecule has 0 heteroatoms. The zero-order valence-electron chi connectivity index (χ0n) is 10.3. The number of rotatable bonds is 0. The zero-order chi connectivity index (χ0) is 10.3. The highest BCUT2D eigenvalue weighted by atomic mass is 14.8. The molecule has 76 valence electrons. The van der Waals surface area contributed by atoms with Crippen molar-refractivity contribution >= 4 is 0 Å². The lowest BCUT2D eigenvalue weighted by Gasteiger charge is -2.86. The SMILES string of the molecule is CC1C(C)(C)C2(C)CC(C)(C)C12C. The van der Waals surface area contributed by atoms with Crippen molar-refractivity contribution in [3.8, 4) is 0 Å². The molecule has 3 unspecified atom stereocenters. The van der Waals surface area contributed by atoms with Crippen LogP contribution in [0, 0.1) is 27.6 Å². The van der Waals surface area contributed by atoms with Crippen molar-refractivity contribution in [1.29, 1.82) is 0 Å². The molecule has 0 aromatic rings. The molecule has 2 aliphatic carbocycles. The summed E-state index contributed by atoms with van der Waals surface area (Å²) in [6, 6.07) is 0. The first-order chi connectivity index (χ1) is 5.61. The Hall–Kier alpha value is 0. The van der Waals surface area contributed by atoms with Gasteiger partial charge in [0.2, 0.25) is 0 Å². The fraction of sp³-hybridized carbons (Fsp3) is 1.00. The summed E-state index contributed by atoms with van der Waals surface area (Å²) in [4.78, 5) is 0. The highest BCUT2D eigenvalue weighted by molar-refractivity contribution is 5.28. The van der Waals surface area contributed by atoms with Gasteiger partial charge in [0.1, 0.15) is 0 Å². The van der Waals surface area contributed by atoms with Gasteiger partial charge in [-0.05, 0) is 34.0 Å². The van der Waals surface area contributed by atoms with E-state index in [2.05, 4.69) is 48.5 Å². The van der Waals surface area contributed by atoms with Crippen molar-refractivity contribution < 1.29 is 0 Å². The highest BCUT2D eigenvalue weighted by Gasteiger charge is 2.80. The minimum atomic E-state index is 0.553. The maximum atomic E-state index is 2.51. The van der Waals surface area contributed by atoms with Crippen LogP contribution in [0.1, 0.15) is 54.9 Å². The number of hydrogen-bond acceptors (Lipinski definition) is 0. The van der Waals surface area contributed by atoms with Gasteiger partial charge in [0.25, 0.3) is 0 Å². The Labute approximate surface area is 83.1 Å². The zero-order valence-corrected chi connectivity index (χ0v) is 10.3. The van der Waals surface area contributed by atoms with Crippen molar-refractivity contribution in [2.24, 2.45) is 27.6 Å². The second-order valence-electron chi connectivity index (χ2n) is 7.04. The van der Waals surface area contributed by atoms with E-state index < -0.39 is 0 Å². The molecule has 0 aliphatic heterocycles. The van der Waals surface area contributed by atoms with E-state index in [1.165, 1.54) is 6.42 Å². The van der Waals surface area contributed by atoms with Crippen LogP contribution < -0.4 is 0 Å². The van der Waals surface area contributed by atoms with E-state index in [1.54, 1.807) is 0 Å². The standard InChI is InChI=1S/C13H24/c1-9-11(4,5)12(6)8-10(2,3)13(9,12)7/h9H,8H2,1-7H3. The Morgan fingerprint density at radius 3 is 1.62 bits per heavy atom. The first-order valence-electron chi connectivity index (χ1n) is 5.61. The summed E-state index contributed by atoms with van der Waals surface area (Å²) in [6.07, 6.45) is 1.41. The van der Waals surface area contributed by atoms with Gasteiger partial charge < -0.3 is 0 Å². The topological polar surface area (TPSA) is 0 Å². The third-order valence-electron chi connectivity index (χ3n) is 6.72. The van der Waals surface area contributed by atoms with Gasteiger partial charge in [-0.15, -0.1) is 0 Å². The maximum Gasteiger partial charge on any atom is -0.0184 e. The van der Waals surface area contributed by atoms with E-state index in [0.717, 1.165) is 5.92 Å². The van der Waals surface area contributed by atoms with Gasteiger partial charge in [-0.1, -0.05) is 48.5 Å². The lowest BCUT2D eigenvalue weighted by molar-refractivity contribution is -0.378. The van der Waals surface area contributed by atoms with Crippen LogP contribution in [0.15, 0.2) is 0 Å². The molecule has 3 atom stereocenters. The quantitative estimate of drug-likeness (QED) is 0.526. The summed E-state index contributed by atoms with van der Waals surface area (Å²) >= 11 is 0. The van der Waals surface area contributed by atoms with Crippen LogP contribution in [0.4, 0.5) is 0 Å². The predicted octanol–water partition coefficient (Wildman–Crippen LogP) is 4.10. The van der Waals surface area contributed by atoms with Crippen LogP contribution in [-0.2, 0) is 0 Å². The molecule has 0 nitrogen and oxygen atoms in total. The Bertz CT molecular complexity index is 261. The van der Waals surface area contributed by atoms with Crippen molar-refractivity contribution in [3.63, 3.8) is 0 Å². The molecule has 0 bridgehead atoms. The van der Waals surface area contributed by atoms with Crippen molar-refractivity contribution in [2.45, 2.75) is 54.9 Å². The van der Waals surface area contributed by atoms with E-state index in [0.29, 0.717) is 21.7 Å². The molecule has 0 radical (unpaired) electrons. The van der Waals surface area contributed by atoms with E-state index >= 15 is 0 Å². The van der Waals surface area contributed by atoms with Crippen molar-refractivity contribution in [3.05, 3.63) is 0 Å². The average molecular weight is 180 g/mol. The van der Waals surface area contributed by atoms with Gasteiger partial charge in [-0.2, -0.15) is 0 Å². The smallest absolute Gasteiger partial charge is 0.0184 e. The van der Waals surface area contributed by atoms with Gasteiger partial charge >= 0.3 is 0 Å². The predicted molar refractivity (Wildman–Crippen MR) is 57.6 cm³/mol. The lowest BCUT2D eigenvalue weighted by Crippen LogP contribution is -2.80. The van der Waals surface area contributed by atoms with Gasteiger partial charge in [-0.25, -0.2) is 0 Å². The molecule has 0 saturated heterocycles. The Morgan fingerprint density at radius 1 is 0.923 bits per heavy atom. The first kappa shape index (κ1) is 9.55. The van der Waals surface area contributed by atoms with Crippen molar-refractivity contribution in [1.82, 2.24) is 0 Å². The third kappa shape index (κ3) is 0.593. The minimum absolute atomic E-state index is 0.553. The van der Waals surface area contributed by atoms with Crippen LogP contribution in [0.5, 0.6) is 0 Å². The lowest BCUT2D eigenvalue weighted by atomic mass is 9.19. The van der Waals surface area contributed by atoms with Gasteiger partial charge in [0.15, 0.2) is 0 Å². The molecular weight excluding hydrogens is 156 g/mol. The Balaban J connectivity index is 2.41. The molecule has 0 heterocycles. The van der Waals surface area contributed by atoms with Gasteiger partial charge in [0, 0.05) is 0 Å². The van der Waals surface area contributed by atoms with E-state index in [1.807, 2.05) is 0 Å². The van der Waals surface area contributed by atoms with Gasteiger partial charge in [-0.3, -0.25) is 0 Å². The molecule has 0 N–H and O–H groups in total. The summed E-state index contributed by atoms with van der Waals surface area (Å²) in [6.45, 7) is 17.2. The molecule has 0 aromatic carbocycles. The first-order valence-corrected chi connectivity index (χ1v) is 5.61. The van der Waals surface area contributed by atoms with Gasteiger partial charge in [0.05, 0.1) is 0 Å². The van der Waals surface area contributed by atoms with Crippen molar-refractivity contribution in [2.75, 3.05) is 0 Å². The summed E-state index contributed by atoms with van der Waals surface area (Å²) in [5, 5.41) is 0. The highest BCUT2D eigenvalue weighted by Crippen LogP contribution is 2.87. The van der Waals surface area contributed by atoms with Crippen LogP contribution in [0.25, 0.3) is 0 Å². The fourth-order valence-corrected chi connectivity index (χ4v) is 4.97. The van der Waals surface area contributed by atoms with Crippen LogP contribution >= 0.6 is 0 Å². The second-order valence-corrected chi connectivity index (χ2v) is 7.04. The summed E-state index contributed by atoms with van der Waals surface area (Å²) in [5.74, 6) is 0.869. The monoisotopic (exact) mass is 180 g/mol. The molecule has 0 spiro atoms. The van der Waals surface area contributed by atoms with Crippen LogP contribution in [-0.4, -0.2) is 0 Å². The molecular formula is C13H24. The normalized spacial score (nSPS) is 56.1. The number of fused-ring (bicyclic) bond motifs is 1.